The van der Waals surface area contributed by atoms with Gasteiger partial charge in [0.1, 0.15) is 5.75 Å². The maximum absolute atomic E-state index is 13.2. The van der Waals surface area contributed by atoms with Crippen LogP contribution in [0.3, 0.4) is 0 Å². The molecule has 35 heavy (non-hydrogen) atoms. The molecule has 0 fully saturated rings. The molecule has 0 unspecified atom stereocenters. The van der Waals surface area contributed by atoms with Crippen molar-refractivity contribution in [2.75, 3.05) is 25.1 Å². The molecular formula is C24H28F6N2O3. The molecule has 1 N–H and O–H groups in total. The summed E-state index contributed by atoms with van der Waals surface area (Å²) < 4.78 is 84.6. The standard InChI is InChI=1S/C24H28F6N2O3/c1-4-8-31(9-5-2)21-13-20(35-3)7-6-17(21)15-32(22(33)34)14-16-10-18(23(25,26)27)12-19(11-16)24(28,29)30/h6-7,10-13H,4-5,8-9,14-15H2,1-3H3,(H,33,34). The molecule has 0 heterocycles. The molecule has 1 amide bonds. The summed E-state index contributed by atoms with van der Waals surface area (Å²) in [5.41, 5.74) is -2.15. The monoisotopic (exact) mass is 506 g/mol. The maximum Gasteiger partial charge on any atom is 0.416 e. The highest BCUT2D eigenvalue weighted by molar-refractivity contribution is 5.66. The van der Waals surface area contributed by atoms with Crippen LogP contribution in [-0.4, -0.2) is 36.3 Å². The van der Waals surface area contributed by atoms with E-state index in [2.05, 4.69) is 0 Å². The Hall–Kier alpha value is -3.11. The highest BCUT2D eigenvalue weighted by atomic mass is 19.4. The molecule has 11 heteroatoms. The molecule has 0 atom stereocenters. The maximum atomic E-state index is 13.2. The zero-order valence-electron chi connectivity index (χ0n) is 19.6. The van der Waals surface area contributed by atoms with Crippen molar-refractivity contribution >= 4 is 11.8 Å². The van der Waals surface area contributed by atoms with Crippen LogP contribution in [0, 0.1) is 0 Å². The zero-order chi connectivity index (χ0) is 26.4. The number of halogens is 6. The highest BCUT2D eigenvalue weighted by Crippen LogP contribution is 2.37. The Balaban J connectivity index is 2.48. The van der Waals surface area contributed by atoms with Gasteiger partial charge in [0.2, 0.25) is 0 Å². The fourth-order valence-electron chi connectivity index (χ4n) is 3.72. The van der Waals surface area contributed by atoms with Crippen LogP contribution >= 0.6 is 0 Å². The first kappa shape index (κ1) is 28.1. The zero-order valence-corrected chi connectivity index (χ0v) is 19.6. The van der Waals surface area contributed by atoms with E-state index < -0.39 is 41.7 Å². The Labute approximate surface area is 199 Å². The van der Waals surface area contributed by atoms with Crippen LogP contribution in [-0.2, 0) is 25.4 Å². The van der Waals surface area contributed by atoms with Gasteiger partial charge in [-0.2, -0.15) is 26.3 Å². The molecule has 0 saturated heterocycles. The van der Waals surface area contributed by atoms with Crippen LogP contribution in [0.1, 0.15) is 48.9 Å². The number of benzene rings is 2. The third kappa shape index (κ3) is 7.69. The average Bonchev–Trinajstić information content (AvgIpc) is 2.77. The molecule has 2 aromatic carbocycles. The Kier molecular flexibility index (Phi) is 9.28. The summed E-state index contributed by atoms with van der Waals surface area (Å²) in [7, 11) is 1.48. The summed E-state index contributed by atoms with van der Waals surface area (Å²) in [6, 6.07) is 6.12. The normalized spacial score (nSPS) is 11.9. The molecule has 2 aromatic rings. The van der Waals surface area contributed by atoms with Gasteiger partial charge in [0.25, 0.3) is 0 Å². The molecule has 194 valence electrons. The van der Waals surface area contributed by atoms with Gasteiger partial charge in [0.15, 0.2) is 0 Å². The number of rotatable bonds is 10. The van der Waals surface area contributed by atoms with Crippen molar-refractivity contribution in [2.24, 2.45) is 0 Å². The van der Waals surface area contributed by atoms with Crippen LogP contribution in [0.5, 0.6) is 5.75 Å². The van der Waals surface area contributed by atoms with Gasteiger partial charge in [-0.1, -0.05) is 19.9 Å². The minimum atomic E-state index is -5.02. The number of amides is 1. The number of ether oxygens (including phenoxy) is 1. The summed E-state index contributed by atoms with van der Waals surface area (Å²) >= 11 is 0. The predicted octanol–water partition coefficient (Wildman–Crippen LogP) is 7.04. The molecule has 0 aliphatic rings. The second kappa shape index (κ2) is 11.5. The van der Waals surface area contributed by atoms with E-state index in [4.69, 9.17) is 4.74 Å². The molecular weight excluding hydrogens is 478 g/mol. The quantitative estimate of drug-likeness (QED) is 0.351. The van der Waals surface area contributed by atoms with E-state index in [0.29, 0.717) is 42.2 Å². The lowest BCUT2D eigenvalue weighted by Gasteiger charge is -2.29. The summed E-state index contributed by atoms with van der Waals surface area (Å²) in [5.74, 6) is 0.538. The molecule has 0 aliphatic heterocycles. The number of methoxy groups -OCH3 is 1. The molecule has 0 radical (unpaired) electrons. The van der Waals surface area contributed by atoms with Gasteiger partial charge in [-0.25, -0.2) is 4.79 Å². The summed E-state index contributed by atoms with van der Waals surface area (Å²) in [6.07, 6.45) is -9.90. The minimum absolute atomic E-state index is 0.0174. The number of carbonyl (C=O) groups is 1. The van der Waals surface area contributed by atoms with E-state index in [9.17, 15) is 36.2 Å². The summed E-state index contributed by atoms with van der Waals surface area (Å²) in [5, 5.41) is 9.73. The number of carboxylic acid groups (broad SMARTS) is 1. The van der Waals surface area contributed by atoms with Crippen LogP contribution in [0.25, 0.3) is 0 Å². The number of nitrogens with zero attached hydrogens (tertiary/aromatic N) is 2. The molecule has 0 bridgehead atoms. The Morgan fingerprint density at radius 3 is 1.86 bits per heavy atom. The number of hydrogen-bond acceptors (Lipinski definition) is 3. The molecule has 2 rings (SSSR count). The first-order valence-electron chi connectivity index (χ1n) is 11.0. The van der Waals surface area contributed by atoms with E-state index >= 15 is 0 Å². The summed E-state index contributed by atoms with van der Waals surface area (Å²) in [4.78, 5) is 14.8. The van der Waals surface area contributed by atoms with E-state index in [1.54, 1.807) is 18.2 Å². The van der Waals surface area contributed by atoms with Crippen molar-refractivity contribution in [2.45, 2.75) is 52.1 Å². The lowest BCUT2D eigenvalue weighted by molar-refractivity contribution is -0.143. The van der Waals surface area contributed by atoms with Crippen LogP contribution < -0.4 is 9.64 Å². The van der Waals surface area contributed by atoms with Crippen molar-refractivity contribution < 1.29 is 41.0 Å². The van der Waals surface area contributed by atoms with Gasteiger partial charge in [-0.05, 0) is 48.2 Å². The van der Waals surface area contributed by atoms with Crippen molar-refractivity contribution in [3.05, 3.63) is 58.7 Å². The SMILES string of the molecule is CCCN(CCC)c1cc(OC)ccc1CN(Cc1cc(C(F)(F)F)cc(C(F)(F)F)c1)C(=O)O. The lowest BCUT2D eigenvalue weighted by atomic mass is 10.0. The van der Waals surface area contributed by atoms with Gasteiger partial charge in [-0.15, -0.1) is 0 Å². The predicted molar refractivity (Wildman–Crippen MR) is 120 cm³/mol. The van der Waals surface area contributed by atoms with Gasteiger partial charge >= 0.3 is 18.4 Å². The molecule has 0 saturated carbocycles. The van der Waals surface area contributed by atoms with Crippen molar-refractivity contribution in [3.8, 4) is 5.75 Å². The third-order valence-electron chi connectivity index (χ3n) is 5.27. The average molecular weight is 506 g/mol. The first-order chi connectivity index (χ1) is 16.3. The van der Waals surface area contributed by atoms with E-state index in [1.807, 2.05) is 18.7 Å². The smallest absolute Gasteiger partial charge is 0.416 e. The molecule has 0 aliphatic carbocycles. The van der Waals surface area contributed by atoms with E-state index in [0.717, 1.165) is 17.7 Å². The second-order valence-corrected chi connectivity index (χ2v) is 8.03. The highest BCUT2D eigenvalue weighted by Gasteiger charge is 2.37. The largest absolute Gasteiger partial charge is 0.497 e. The van der Waals surface area contributed by atoms with Crippen LogP contribution in [0.2, 0.25) is 0 Å². The Morgan fingerprint density at radius 2 is 1.43 bits per heavy atom. The van der Waals surface area contributed by atoms with E-state index in [1.165, 1.54) is 7.11 Å². The lowest BCUT2D eigenvalue weighted by Crippen LogP contribution is -2.31. The van der Waals surface area contributed by atoms with Crippen molar-refractivity contribution in [1.82, 2.24) is 4.90 Å². The molecule has 5 nitrogen and oxygen atoms in total. The first-order valence-corrected chi connectivity index (χ1v) is 11.0. The molecule has 0 spiro atoms. The van der Waals surface area contributed by atoms with Crippen LogP contribution in [0.15, 0.2) is 36.4 Å². The molecule has 0 aromatic heterocycles. The number of alkyl halides is 6. The minimum Gasteiger partial charge on any atom is -0.497 e. The number of hydrogen-bond donors (Lipinski definition) is 1. The fraction of sp³-hybridized carbons (Fsp3) is 0.458. The van der Waals surface area contributed by atoms with Gasteiger partial charge in [-0.3, -0.25) is 4.90 Å². The Morgan fingerprint density at radius 1 is 0.886 bits per heavy atom. The van der Waals surface area contributed by atoms with Crippen molar-refractivity contribution in [3.63, 3.8) is 0 Å². The van der Waals surface area contributed by atoms with Crippen molar-refractivity contribution in [1.29, 1.82) is 0 Å². The number of anilines is 1. The van der Waals surface area contributed by atoms with E-state index in [-0.39, 0.29) is 12.6 Å². The second-order valence-electron chi connectivity index (χ2n) is 8.03. The van der Waals surface area contributed by atoms with Gasteiger partial charge in [0, 0.05) is 31.4 Å². The summed E-state index contributed by atoms with van der Waals surface area (Å²) in [6.45, 7) is 4.41. The van der Waals surface area contributed by atoms with Gasteiger partial charge < -0.3 is 14.7 Å². The van der Waals surface area contributed by atoms with Crippen LogP contribution in [0.4, 0.5) is 36.8 Å². The van der Waals surface area contributed by atoms with Gasteiger partial charge in [0.05, 0.1) is 24.8 Å². The fourth-order valence-corrected chi connectivity index (χ4v) is 3.72. The third-order valence-corrected chi connectivity index (χ3v) is 5.27. The topological polar surface area (TPSA) is 53.0 Å². The Bertz CT molecular complexity index is 969.